The second kappa shape index (κ2) is 11.7. The average Bonchev–Trinajstić information content (AvgIpc) is 3.26. The van der Waals surface area contributed by atoms with Gasteiger partial charge in [0.2, 0.25) is 0 Å². The number of carbonyl (C=O) groups excluding carboxylic acids is 1. The molecule has 2 N–H and O–H groups in total. The summed E-state index contributed by atoms with van der Waals surface area (Å²) in [6.07, 6.45) is -3.21. The van der Waals surface area contributed by atoms with Crippen LogP contribution in [0.15, 0.2) is 71.5 Å². The monoisotopic (exact) mass is 542 g/mol. The number of amides is 1. The smallest absolute Gasteiger partial charge is 0.475 e. The number of nitrogens with zero attached hydrogens (tertiary/aromatic N) is 3. The second-order valence-corrected chi connectivity index (χ2v) is 9.48. The number of rotatable bonds is 5. The van der Waals surface area contributed by atoms with E-state index in [1.807, 2.05) is 72.3 Å². The zero-order chi connectivity index (χ0) is 28.2. The lowest BCUT2D eigenvalue weighted by molar-refractivity contribution is -0.192. The first-order chi connectivity index (χ1) is 18.5. The lowest BCUT2D eigenvalue weighted by atomic mass is 10.0. The number of piperidine rings is 1. The number of imidazole rings is 1. The molecule has 0 spiro atoms. The molecule has 3 aromatic carbocycles. The van der Waals surface area contributed by atoms with Crippen LogP contribution in [0.1, 0.15) is 29.2 Å². The second-order valence-electron chi connectivity index (χ2n) is 9.48. The number of aromatic nitrogens is 2. The van der Waals surface area contributed by atoms with Crippen molar-refractivity contribution < 1.29 is 27.9 Å². The Morgan fingerprint density at radius 2 is 1.62 bits per heavy atom. The van der Waals surface area contributed by atoms with Crippen molar-refractivity contribution in [3.05, 3.63) is 82.8 Å². The van der Waals surface area contributed by atoms with Crippen molar-refractivity contribution in [1.82, 2.24) is 19.4 Å². The standard InChI is InChI=1S/C26H28N4O2.C2HF3O2/c1-28(25(31)21-11-10-19-6-2-3-7-20(19)18-21)16-17-29-14-12-22(13-15-29)30-24-9-5-4-8-23(24)27-26(30)32;3-2(4,5)1(6)7/h2-11,18,22H,12-17H2,1H3,(H,27,32);(H,6,7). The van der Waals surface area contributed by atoms with Crippen molar-refractivity contribution in [2.24, 2.45) is 0 Å². The Kier molecular flexibility index (Phi) is 8.39. The van der Waals surface area contributed by atoms with Crippen LogP contribution in [0.2, 0.25) is 0 Å². The van der Waals surface area contributed by atoms with E-state index in [1.165, 1.54) is 0 Å². The molecule has 1 aromatic heterocycles. The number of carboxylic acid groups (broad SMARTS) is 1. The molecule has 0 radical (unpaired) electrons. The number of H-pyrrole nitrogens is 1. The molecule has 1 aliphatic rings. The molecule has 39 heavy (non-hydrogen) atoms. The Bertz CT molecular complexity index is 1520. The molecule has 1 aliphatic heterocycles. The highest BCUT2D eigenvalue weighted by molar-refractivity contribution is 5.98. The fourth-order valence-electron chi connectivity index (χ4n) is 4.77. The lowest BCUT2D eigenvalue weighted by Gasteiger charge is -2.33. The molecule has 5 rings (SSSR count). The summed E-state index contributed by atoms with van der Waals surface area (Å²) in [4.78, 5) is 41.4. The summed E-state index contributed by atoms with van der Waals surface area (Å²) < 4.78 is 33.7. The van der Waals surface area contributed by atoms with Gasteiger partial charge in [-0.2, -0.15) is 13.2 Å². The van der Waals surface area contributed by atoms with E-state index < -0.39 is 12.1 Å². The van der Waals surface area contributed by atoms with Gasteiger partial charge in [-0.05, 0) is 47.9 Å². The van der Waals surface area contributed by atoms with Crippen LogP contribution in [0.3, 0.4) is 0 Å². The van der Waals surface area contributed by atoms with Crippen molar-refractivity contribution >= 4 is 33.7 Å². The Hall–Kier alpha value is -4.12. The molecule has 0 bridgehead atoms. The van der Waals surface area contributed by atoms with Crippen LogP contribution in [0, 0.1) is 0 Å². The highest BCUT2D eigenvalue weighted by Gasteiger charge is 2.38. The number of hydrogen-bond donors (Lipinski definition) is 2. The van der Waals surface area contributed by atoms with E-state index in [0.29, 0.717) is 6.54 Å². The SMILES string of the molecule is CN(CCN1CCC(n2c(=O)[nH]c3ccccc32)CC1)C(=O)c1ccc2ccccc2c1.O=C(O)C(F)(F)F. The lowest BCUT2D eigenvalue weighted by Crippen LogP contribution is -2.41. The Labute approximate surface area is 222 Å². The summed E-state index contributed by atoms with van der Waals surface area (Å²) in [5, 5.41) is 9.35. The molecular formula is C28H29F3N4O4. The largest absolute Gasteiger partial charge is 0.490 e. The van der Waals surface area contributed by atoms with Crippen molar-refractivity contribution in [2.45, 2.75) is 25.1 Å². The molecule has 0 aliphatic carbocycles. The van der Waals surface area contributed by atoms with Crippen LogP contribution >= 0.6 is 0 Å². The Morgan fingerprint density at radius 1 is 1.00 bits per heavy atom. The number of likely N-dealkylation sites (tertiary alicyclic amines) is 1. The van der Waals surface area contributed by atoms with Crippen LogP contribution in [0.4, 0.5) is 13.2 Å². The van der Waals surface area contributed by atoms with Gasteiger partial charge in [0.05, 0.1) is 11.0 Å². The maximum atomic E-state index is 12.9. The van der Waals surface area contributed by atoms with Crippen LogP contribution in [-0.2, 0) is 4.79 Å². The maximum absolute atomic E-state index is 12.9. The zero-order valence-electron chi connectivity index (χ0n) is 21.3. The predicted molar refractivity (Wildman–Crippen MR) is 142 cm³/mol. The molecular weight excluding hydrogens is 513 g/mol. The minimum absolute atomic E-state index is 0.0228. The molecule has 8 nitrogen and oxygen atoms in total. The topological polar surface area (TPSA) is 98.6 Å². The van der Waals surface area contributed by atoms with E-state index in [4.69, 9.17) is 9.90 Å². The molecule has 0 unspecified atom stereocenters. The van der Waals surface area contributed by atoms with Gasteiger partial charge in [0.15, 0.2) is 0 Å². The number of halogens is 3. The number of aliphatic carboxylic acids is 1. The Morgan fingerprint density at radius 3 is 2.28 bits per heavy atom. The molecule has 206 valence electrons. The average molecular weight is 543 g/mol. The van der Waals surface area contributed by atoms with Crippen LogP contribution in [-0.4, -0.2) is 75.7 Å². The minimum Gasteiger partial charge on any atom is -0.475 e. The summed E-state index contributed by atoms with van der Waals surface area (Å²) in [5.74, 6) is -2.71. The first kappa shape index (κ1) is 27.9. The van der Waals surface area contributed by atoms with Gasteiger partial charge in [-0.25, -0.2) is 9.59 Å². The molecule has 1 amide bonds. The van der Waals surface area contributed by atoms with Gasteiger partial charge >= 0.3 is 17.8 Å². The molecule has 1 fully saturated rings. The van der Waals surface area contributed by atoms with Crippen molar-refractivity contribution in [3.63, 3.8) is 0 Å². The number of alkyl halides is 3. The fraction of sp³-hybridized carbons (Fsp3) is 0.321. The van der Waals surface area contributed by atoms with Gasteiger partial charge < -0.3 is 19.9 Å². The van der Waals surface area contributed by atoms with Gasteiger partial charge in [0, 0.05) is 44.8 Å². The highest BCUT2D eigenvalue weighted by Crippen LogP contribution is 2.25. The zero-order valence-corrected chi connectivity index (χ0v) is 21.3. The number of likely N-dealkylation sites (N-methyl/N-ethyl adjacent to an activating group) is 1. The van der Waals surface area contributed by atoms with Gasteiger partial charge in [-0.15, -0.1) is 0 Å². The summed E-state index contributed by atoms with van der Waals surface area (Å²) in [7, 11) is 1.87. The van der Waals surface area contributed by atoms with Gasteiger partial charge in [-0.1, -0.05) is 42.5 Å². The number of fused-ring (bicyclic) bond motifs is 2. The number of nitrogens with one attached hydrogen (secondary N) is 1. The van der Waals surface area contributed by atoms with E-state index in [9.17, 15) is 22.8 Å². The summed E-state index contributed by atoms with van der Waals surface area (Å²) >= 11 is 0. The third kappa shape index (κ3) is 6.66. The van der Waals surface area contributed by atoms with E-state index >= 15 is 0 Å². The molecule has 0 atom stereocenters. The number of para-hydroxylation sites is 2. The summed E-state index contributed by atoms with van der Waals surface area (Å²) in [6, 6.07) is 22.1. The van der Waals surface area contributed by atoms with Gasteiger partial charge in [0.25, 0.3) is 5.91 Å². The minimum atomic E-state index is -5.08. The Balaban J connectivity index is 0.000000448. The van der Waals surface area contributed by atoms with Crippen molar-refractivity contribution in [2.75, 3.05) is 33.2 Å². The predicted octanol–water partition coefficient (Wildman–Crippen LogP) is 4.53. The number of hydrogen-bond acceptors (Lipinski definition) is 4. The molecule has 2 heterocycles. The normalized spacial score (nSPS) is 14.7. The van der Waals surface area contributed by atoms with Crippen LogP contribution < -0.4 is 5.69 Å². The molecule has 1 saturated heterocycles. The third-order valence-electron chi connectivity index (χ3n) is 6.88. The van der Waals surface area contributed by atoms with E-state index in [2.05, 4.69) is 16.0 Å². The summed E-state index contributed by atoms with van der Waals surface area (Å²) in [6.45, 7) is 3.37. The van der Waals surface area contributed by atoms with Gasteiger partial charge in [-0.3, -0.25) is 9.36 Å². The third-order valence-corrected chi connectivity index (χ3v) is 6.88. The molecule has 11 heteroatoms. The van der Waals surface area contributed by atoms with Crippen molar-refractivity contribution in [3.8, 4) is 0 Å². The van der Waals surface area contributed by atoms with E-state index in [1.54, 1.807) is 4.90 Å². The van der Waals surface area contributed by atoms with Crippen LogP contribution in [0.25, 0.3) is 21.8 Å². The first-order valence-electron chi connectivity index (χ1n) is 12.5. The van der Waals surface area contributed by atoms with E-state index in [-0.39, 0.29) is 17.6 Å². The molecule has 4 aromatic rings. The van der Waals surface area contributed by atoms with E-state index in [0.717, 1.165) is 59.8 Å². The quantitative estimate of drug-likeness (QED) is 0.386. The summed E-state index contributed by atoms with van der Waals surface area (Å²) in [5.41, 5.74) is 2.58. The number of carboxylic acids is 1. The first-order valence-corrected chi connectivity index (χ1v) is 12.5. The van der Waals surface area contributed by atoms with Crippen molar-refractivity contribution in [1.29, 1.82) is 0 Å². The molecule has 0 saturated carbocycles. The fourth-order valence-corrected chi connectivity index (χ4v) is 4.77. The highest BCUT2D eigenvalue weighted by atomic mass is 19.4. The number of carbonyl (C=O) groups is 2. The van der Waals surface area contributed by atoms with Gasteiger partial charge in [0.1, 0.15) is 0 Å². The number of aromatic amines is 1. The number of benzene rings is 3. The van der Waals surface area contributed by atoms with Crippen LogP contribution in [0.5, 0.6) is 0 Å². The maximum Gasteiger partial charge on any atom is 0.490 e.